The standard InChI is InChI=1S/C24H31NO7/c1-24(2,3)32-23(30)25-12-6-4-5-7-13-31-17-9-11-19(21(28)15-17)22(29)18-10-8-16(26)14-20(18)27/h8-11,14-15,26-28H,4-7,12-13H2,1-3H3,(H,25,30). The number of carbonyl (C=O) groups excluding carboxylic acids is 2. The molecule has 1 amide bonds. The van der Waals surface area contributed by atoms with Gasteiger partial charge in [0.15, 0.2) is 5.78 Å². The monoisotopic (exact) mass is 445 g/mol. The number of ketones is 1. The van der Waals surface area contributed by atoms with Gasteiger partial charge in [0.2, 0.25) is 0 Å². The van der Waals surface area contributed by atoms with Gasteiger partial charge in [-0.15, -0.1) is 0 Å². The van der Waals surface area contributed by atoms with Gasteiger partial charge in [-0.25, -0.2) is 4.79 Å². The van der Waals surface area contributed by atoms with Crippen molar-refractivity contribution < 1.29 is 34.4 Å². The molecule has 2 aromatic carbocycles. The number of nitrogens with one attached hydrogen (secondary N) is 1. The summed E-state index contributed by atoms with van der Waals surface area (Å²) in [6.45, 7) is 6.45. The average Bonchev–Trinajstić information content (AvgIpc) is 2.68. The topological polar surface area (TPSA) is 125 Å². The van der Waals surface area contributed by atoms with Crippen LogP contribution < -0.4 is 10.1 Å². The van der Waals surface area contributed by atoms with E-state index in [0.717, 1.165) is 31.7 Å². The van der Waals surface area contributed by atoms with Crippen LogP contribution in [0.25, 0.3) is 0 Å². The summed E-state index contributed by atoms with van der Waals surface area (Å²) in [5.41, 5.74) is -0.502. The highest BCUT2D eigenvalue weighted by atomic mass is 16.6. The van der Waals surface area contributed by atoms with Gasteiger partial charge in [-0.05, 0) is 57.9 Å². The molecule has 0 aliphatic heterocycles. The van der Waals surface area contributed by atoms with Crippen LogP contribution in [0.1, 0.15) is 62.4 Å². The summed E-state index contributed by atoms with van der Waals surface area (Å²) in [5, 5.41) is 32.1. The van der Waals surface area contributed by atoms with Crippen molar-refractivity contribution in [3.8, 4) is 23.0 Å². The fourth-order valence-corrected chi connectivity index (χ4v) is 2.93. The number of phenols is 3. The van der Waals surface area contributed by atoms with Crippen molar-refractivity contribution >= 4 is 11.9 Å². The second-order valence-corrected chi connectivity index (χ2v) is 8.40. The van der Waals surface area contributed by atoms with Crippen molar-refractivity contribution in [2.24, 2.45) is 0 Å². The smallest absolute Gasteiger partial charge is 0.407 e. The first-order valence-corrected chi connectivity index (χ1v) is 10.6. The molecule has 0 aliphatic carbocycles. The molecule has 0 heterocycles. The SMILES string of the molecule is CC(C)(C)OC(=O)NCCCCCCOc1ccc(C(=O)c2ccc(O)cc2O)c(O)c1. The van der Waals surface area contributed by atoms with E-state index in [1.807, 2.05) is 20.8 Å². The van der Waals surface area contributed by atoms with Crippen molar-refractivity contribution in [2.75, 3.05) is 13.2 Å². The lowest BCUT2D eigenvalue weighted by atomic mass is 10.0. The van der Waals surface area contributed by atoms with E-state index in [1.54, 1.807) is 6.07 Å². The summed E-state index contributed by atoms with van der Waals surface area (Å²) in [5.74, 6) is -0.914. The Labute approximate surface area is 187 Å². The van der Waals surface area contributed by atoms with Crippen LogP contribution in [0.3, 0.4) is 0 Å². The largest absolute Gasteiger partial charge is 0.508 e. The molecule has 32 heavy (non-hydrogen) atoms. The minimum Gasteiger partial charge on any atom is -0.508 e. The zero-order chi connectivity index (χ0) is 23.7. The second kappa shape index (κ2) is 11.3. The van der Waals surface area contributed by atoms with Crippen LogP contribution in [0.4, 0.5) is 4.79 Å². The molecular weight excluding hydrogens is 414 g/mol. The molecule has 0 unspecified atom stereocenters. The van der Waals surface area contributed by atoms with E-state index in [4.69, 9.17) is 9.47 Å². The first-order chi connectivity index (χ1) is 15.1. The number of rotatable bonds is 10. The van der Waals surface area contributed by atoms with E-state index in [2.05, 4.69) is 5.32 Å². The summed E-state index contributed by atoms with van der Waals surface area (Å²) < 4.78 is 10.8. The molecular formula is C24H31NO7. The fourth-order valence-electron chi connectivity index (χ4n) is 2.93. The highest BCUT2D eigenvalue weighted by molar-refractivity contribution is 6.12. The predicted molar refractivity (Wildman–Crippen MR) is 120 cm³/mol. The quantitative estimate of drug-likeness (QED) is 0.313. The molecule has 0 bridgehead atoms. The maximum atomic E-state index is 12.5. The Kier molecular flexibility index (Phi) is 8.75. The van der Waals surface area contributed by atoms with Crippen molar-refractivity contribution in [1.82, 2.24) is 5.32 Å². The van der Waals surface area contributed by atoms with Gasteiger partial charge < -0.3 is 30.1 Å². The molecule has 0 saturated heterocycles. The molecule has 4 N–H and O–H groups in total. The minimum atomic E-state index is -0.563. The number of hydrogen-bond donors (Lipinski definition) is 4. The van der Waals surface area contributed by atoms with E-state index in [0.29, 0.717) is 18.9 Å². The summed E-state index contributed by atoms with van der Waals surface area (Å²) in [6.07, 6.45) is 3.06. The van der Waals surface area contributed by atoms with Crippen molar-refractivity contribution in [3.05, 3.63) is 47.5 Å². The number of phenolic OH excluding ortho intramolecular Hbond substituents is 3. The van der Waals surface area contributed by atoms with E-state index in [-0.39, 0.29) is 28.4 Å². The van der Waals surface area contributed by atoms with Crippen LogP contribution in [0.15, 0.2) is 36.4 Å². The molecule has 0 fully saturated rings. The lowest BCUT2D eigenvalue weighted by Crippen LogP contribution is -2.32. The van der Waals surface area contributed by atoms with Crippen LogP contribution >= 0.6 is 0 Å². The number of ether oxygens (including phenoxy) is 2. The Hall–Kier alpha value is -3.42. The maximum absolute atomic E-state index is 12.5. The highest BCUT2D eigenvalue weighted by Gasteiger charge is 2.18. The summed E-state index contributed by atoms with van der Waals surface area (Å²) >= 11 is 0. The van der Waals surface area contributed by atoms with Gasteiger partial charge in [0, 0.05) is 18.7 Å². The molecule has 2 rings (SSSR count). The van der Waals surface area contributed by atoms with Gasteiger partial charge in [-0.3, -0.25) is 4.79 Å². The van der Waals surface area contributed by atoms with Gasteiger partial charge in [-0.1, -0.05) is 12.8 Å². The van der Waals surface area contributed by atoms with E-state index in [1.165, 1.54) is 24.3 Å². The molecule has 8 heteroatoms. The third kappa shape index (κ3) is 8.02. The summed E-state index contributed by atoms with van der Waals surface area (Å²) in [6, 6.07) is 8.01. The number of alkyl carbamates (subject to hydrolysis) is 1. The number of hydrogen-bond acceptors (Lipinski definition) is 7. The van der Waals surface area contributed by atoms with Crippen LogP contribution in [0, 0.1) is 0 Å². The fraction of sp³-hybridized carbons (Fsp3) is 0.417. The molecule has 0 spiro atoms. The molecule has 0 saturated carbocycles. The first kappa shape index (κ1) is 24.8. The number of carbonyl (C=O) groups is 2. The third-order valence-corrected chi connectivity index (χ3v) is 4.45. The Morgan fingerprint density at radius 1 is 0.875 bits per heavy atom. The van der Waals surface area contributed by atoms with Gasteiger partial charge in [0.05, 0.1) is 17.7 Å². The molecule has 8 nitrogen and oxygen atoms in total. The van der Waals surface area contributed by atoms with Gasteiger partial charge in [0.25, 0.3) is 0 Å². The van der Waals surface area contributed by atoms with Crippen LogP contribution in [0.5, 0.6) is 23.0 Å². The van der Waals surface area contributed by atoms with E-state index >= 15 is 0 Å². The highest BCUT2D eigenvalue weighted by Crippen LogP contribution is 2.30. The van der Waals surface area contributed by atoms with E-state index in [9.17, 15) is 24.9 Å². The van der Waals surface area contributed by atoms with E-state index < -0.39 is 17.5 Å². The number of unbranched alkanes of at least 4 members (excludes halogenated alkanes) is 3. The lowest BCUT2D eigenvalue weighted by molar-refractivity contribution is 0.0526. The predicted octanol–water partition coefficient (Wildman–Crippen LogP) is 4.50. The molecule has 0 aromatic heterocycles. The molecule has 174 valence electrons. The zero-order valence-corrected chi connectivity index (χ0v) is 18.7. The molecule has 0 aliphatic rings. The Balaban J connectivity index is 1.71. The van der Waals surface area contributed by atoms with Crippen LogP contribution in [-0.2, 0) is 4.74 Å². The molecule has 0 radical (unpaired) electrons. The molecule has 2 aromatic rings. The second-order valence-electron chi connectivity index (χ2n) is 8.40. The minimum absolute atomic E-state index is 0.0204. The normalized spacial score (nSPS) is 11.1. The summed E-state index contributed by atoms with van der Waals surface area (Å²) in [4.78, 5) is 24.1. The summed E-state index contributed by atoms with van der Waals surface area (Å²) in [7, 11) is 0. The Morgan fingerprint density at radius 3 is 2.12 bits per heavy atom. The number of amides is 1. The lowest BCUT2D eigenvalue weighted by Gasteiger charge is -2.19. The van der Waals surface area contributed by atoms with Gasteiger partial charge in [0.1, 0.15) is 28.6 Å². The number of benzene rings is 2. The number of aromatic hydroxyl groups is 3. The first-order valence-electron chi connectivity index (χ1n) is 10.6. The Bertz CT molecular complexity index is 934. The van der Waals surface area contributed by atoms with Crippen LogP contribution in [0.2, 0.25) is 0 Å². The van der Waals surface area contributed by atoms with Gasteiger partial charge >= 0.3 is 6.09 Å². The Morgan fingerprint density at radius 2 is 1.50 bits per heavy atom. The van der Waals surface area contributed by atoms with Gasteiger partial charge in [-0.2, -0.15) is 0 Å². The van der Waals surface area contributed by atoms with Crippen molar-refractivity contribution in [3.63, 3.8) is 0 Å². The van der Waals surface area contributed by atoms with Crippen molar-refractivity contribution in [2.45, 2.75) is 52.1 Å². The average molecular weight is 446 g/mol. The zero-order valence-electron chi connectivity index (χ0n) is 18.7. The third-order valence-electron chi connectivity index (χ3n) is 4.45. The maximum Gasteiger partial charge on any atom is 0.407 e. The molecule has 0 atom stereocenters. The van der Waals surface area contributed by atoms with Crippen molar-refractivity contribution in [1.29, 1.82) is 0 Å². The van der Waals surface area contributed by atoms with Crippen LogP contribution in [-0.4, -0.2) is 45.9 Å².